The normalized spacial score (nSPS) is 12.2. The summed E-state index contributed by atoms with van der Waals surface area (Å²) < 4.78 is 27.2. The molecule has 0 atom stereocenters. The average Bonchev–Trinajstić information content (AvgIpc) is 3.02. The first kappa shape index (κ1) is 21.2. The molecule has 1 N–H and O–H groups in total. The summed E-state index contributed by atoms with van der Waals surface area (Å²) in [5.74, 6) is 0.148. The van der Waals surface area contributed by atoms with Crippen molar-refractivity contribution in [1.29, 1.82) is 0 Å². The first-order valence-corrected chi connectivity index (χ1v) is 8.98. The highest BCUT2D eigenvalue weighted by molar-refractivity contribution is 5.97. The van der Waals surface area contributed by atoms with Crippen LogP contribution in [0, 0.1) is 12.7 Å². The first-order chi connectivity index (χ1) is 13.3. The van der Waals surface area contributed by atoms with E-state index in [1.54, 1.807) is 39.1 Å². The molecule has 0 aliphatic heterocycles. The van der Waals surface area contributed by atoms with E-state index < -0.39 is 5.82 Å². The number of fused-ring (bicyclic) bond motifs is 1. The fraction of sp³-hybridized carbons (Fsp3) is 0.333. The van der Waals surface area contributed by atoms with Gasteiger partial charge in [-0.05, 0) is 44.5 Å². The molecule has 28 heavy (non-hydrogen) atoms. The van der Waals surface area contributed by atoms with Gasteiger partial charge in [-0.2, -0.15) is 0 Å². The van der Waals surface area contributed by atoms with Crippen LogP contribution in [0.3, 0.4) is 0 Å². The number of amides is 1. The lowest BCUT2D eigenvalue weighted by Gasteiger charge is -2.12. The number of ether oxygens (including phenoxy) is 2. The van der Waals surface area contributed by atoms with E-state index in [0.29, 0.717) is 34.5 Å². The Bertz CT molecular complexity index is 957. The molecule has 0 fully saturated rings. The predicted octanol–water partition coefficient (Wildman–Crippen LogP) is 4.57. The van der Waals surface area contributed by atoms with Crippen LogP contribution in [0.25, 0.3) is 10.9 Å². The maximum Gasteiger partial charge on any atom is 0.326 e. The van der Waals surface area contributed by atoms with Crippen molar-refractivity contribution in [2.24, 2.45) is 4.99 Å². The summed E-state index contributed by atoms with van der Waals surface area (Å²) in [4.78, 5) is 16.5. The van der Waals surface area contributed by atoms with Crippen molar-refractivity contribution in [1.82, 2.24) is 9.88 Å². The number of halogens is 1. The molecule has 1 aromatic carbocycles. The van der Waals surface area contributed by atoms with E-state index in [2.05, 4.69) is 16.9 Å². The van der Waals surface area contributed by atoms with Gasteiger partial charge in [0, 0.05) is 30.2 Å². The Kier molecular flexibility index (Phi) is 6.98. The summed E-state index contributed by atoms with van der Waals surface area (Å²) >= 11 is 0. The number of carbonyl (C=O) groups excluding carboxylic acids is 1. The minimum Gasteiger partial charge on any atom is -0.497 e. The Balaban J connectivity index is 2.41. The van der Waals surface area contributed by atoms with Gasteiger partial charge in [-0.3, -0.25) is 9.56 Å². The molecular formula is C21H26FN3O3. The molecule has 1 aromatic heterocycles. The maximum absolute atomic E-state index is 15.1. The molecule has 1 amide bonds. The summed E-state index contributed by atoms with van der Waals surface area (Å²) in [5.41, 5.74) is 1.75. The minimum absolute atomic E-state index is 0.0231. The fourth-order valence-electron chi connectivity index (χ4n) is 2.79. The summed E-state index contributed by atoms with van der Waals surface area (Å²) in [5, 5.41) is 3.11. The molecule has 0 spiro atoms. The highest BCUT2D eigenvalue weighted by atomic mass is 19.1. The molecular weight excluding hydrogens is 361 g/mol. The van der Waals surface area contributed by atoms with Gasteiger partial charge in [0.15, 0.2) is 11.6 Å². The van der Waals surface area contributed by atoms with Crippen LogP contribution in [0.15, 0.2) is 47.2 Å². The smallest absolute Gasteiger partial charge is 0.326 e. The summed E-state index contributed by atoms with van der Waals surface area (Å²) in [6.07, 6.45) is 2.47. The number of hydrogen-bond donors (Lipinski definition) is 1. The third-order valence-corrected chi connectivity index (χ3v) is 4.18. The Hall–Kier alpha value is -3.09. The van der Waals surface area contributed by atoms with E-state index in [4.69, 9.17) is 9.47 Å². The topological polar surface area (TPSA) is 64.9 Å². The number of aliphatic imine (C=N–C) groups is 1. The average molecular weight is 387 g/mol. The largest absolute Gasteiger partial charge is 0.497 e. The molecule has 150 valence electrons. The SMILES string of the molecule is C=C(/C=C(\C)C(=NC)Oc1ccc2c(cc(C)n2C(=O)NCCC)c1F)OC. The Morgan fingerprint density at radius 1 is 1.43 bits per heavy atom. The third-order valence-electron chi connectivity index (χ3n) is 4.18. The van der Waals surface area contributed by atoms with Gasteiger partial charge in [0.1, 0.15) is 5.76 Å². The van der Waals surface area contributed by atoms with Gasteiger partial charge in [-0.25, -0.2) is 9.18 Å². The number of aromatic nitrogens is 1. The van der Waals surface area contributed by atoms with Crippen LogP contribution in [0.4, 0.5) is 9.18 Å². The molecule has 0 saturated heterocycles. The van der Waals surface area contributed by atoms with Crippen molar-refractivity contribution in [3.63, 3.8) is 0 Å². The van der Waals surface area contributed by atoms with Crippen molar-refractivity contribution in [3.05, 3.63) is 53.7 Å². The van der Waals surface area contributed by atoms with Gasteiger partial charge in [0.2, 0.25) is 5.90 Å². The second kappa shape index (κ2) is 9.21. The second-order valence-corrected chi connectivity index (χ2v) is 6.29. The molecule has 0 unspecified atom stereocenters. The van der Waals surface area contributed by atoms with Crippen molar-refractivity contribution in [3.8, 4) is 5.75 Å². The van der Waals surface area contributed by atoms with E-state index in [1.165, 1.54) is 17.7 Å². The number of nitrogens with zero attached hydrogens (tertiary/aromatic N) is 2. The Morgan fingerprint density at radius 2 is 2.14 bits per heavy atom. The third kappa shape index (κ3) is 4.42. The van der Waals surface area contributed by atoms with Gasteiger partial charge in [-0.1, -0.05) is 13.5 Å². The number of nitrogens with one attached hydrogen (secondary N) is 1. The number of benzene rings is 1. The van der Waals surface area contributed by atoms with Crippen LogP contribution in [-0.4, -0.2) is 37.2 Å². The number of allylic oxidation sites excluding steroid dienone is 1. The molecule has 7 heteroatoms. The predicted molar refractivity (Wildman–Crippen MR) is 110 cm³/mol. The summed E-state index contributed by atoms with van der Waals surface area (Å²) in [7, 11) is 3.06. The van der Waals surface area contributed by atoms with E-state index in [1.807, 2.05) is 6.92 Å². The fourth-order valence-corrected chi connectivity index (χ4v) is 2.79. The zero-order valence-corrected chi connectivity index (χ0v) is 16.9. The first-order valence-electron chi connectivity index (χ1n) is 8.98. The Labute approximate surface area is 164 Å². The lowest BCUT2D eigenvalue weighted by atomic mass is 10.2. The van der Waals surface area contributed by atoms with Crippen LogP contribution >= 0.6 is 0 Å². The monoisotopic (exact) mass is 387 g/mol. The van der Waals surface area contributed by atoms with Crippen LogP contribution in [-0.2, 0) is 4.74 Å². The lowest BCUT2D eigenvalue weighted by Crippen LogP contribution is -2.29. The molecule has 1 heterocycles. The maximum atomic E-state index is 15.1. The van der Waals surface area contributed by atoms with Crippen molar-refractivity contribution < 1.29 is 18.7 Å². The molecule has 0 bridgehead atoms. The van der Waals surface area contributed by atoms with Gasteiger partial charge >= 0.3 is 6.03 Å². The highest BCUT2D eigenvalue weighted by Crippen LogP contribution is 2.29. The molecule has 0 aliphatic carbocycles. The van der Waals surface area contributed by atoms with Crippen molar-refractivity contribution in [2.75, 3.05) is 20.7 Å². The molecule has 0 radical (unpaired) electrons. The second-order valence-electron chi connectivity index (χ2n) is 6.29. The zero-order chi connectivity index (χ0) is 20.8. The number of carbonyl (C=O) groups is 1. The van der Waals surface area contributed by atoms with E-state index in [9.17, 15) is 4.79 Å². The van der Waals surface area contributed by atoms with Gasteiger partial charge in [-0.15, -0.1) is 0 Å². The highest BCUT2D eigenvalue weighted by Gasteiger charge is 2.19. The van der Waals surface area contributed by atoms with E-state index in [0.717, 1.165) is 6.42 Å². The van der Waals surface area contributed by atoms with Gasteiger partial charge < -0.3 is 14.8 Å². The van der Waals surface area contributed by atoms with Crippen LogP contribution in [0.2, 0.25) is 0 Å². The van der Waals surface area contributed by atoms with Crippen molar-refractivity contribution in [2.45, 2.75) is 27.2 Å². The molecule has 0 aliphatic rings. The Morgan fingerprint density at radius 3 is 2.75 bits per heavy atom. The van der Waals surface area contributed by atoms with Crippen molar-refractivity contribution >= 4 is 22.8 Å². The van der Waals surface area contributed by atoms with E-state index >= 15 is 4.39 Å². The number of methoxy groups -OCH3 is 1. The van der Waals surface area contributed by atoms with E-state index in [-0.39, 0.29) is 17.7 Å². The van der Waals surface area contributed by atoms with Crippen LogP contribution < -0.4 is 10.1 Å². The quantitative estimate of drug-likeness (QED) is 0.342. The molecule has 6 nitrogen and oxygen atoms in total. The molecule has 2 rings (SSSR count). The van der Waals surface area contributed by atoms with Crippen LogP contribution in [0.1, 0.15) is 26.0 Å². The summed E-state index contributed by atoms with van der Waals surface area (Å²) in [6.45, 7) is 9.76. The minimum atomic E-state index is -0.554. The van der Waals surface area contributed by atoms with Gasteiger partial charge in [0.05, 0.1) is 12.6 Å². The number of hydrogen-bond acceptors (Lipinski definition) is 4. The van der Waals surface area contributed by atoms with Crippen LogP contribution in [0.5, 0.6) is 5.75 Å². The number of aryl methyl sites for hydroxylation is 1. The lowest BCUT2D eigenvalue weighted by molar-refractivity contribution is 0.243. The summed E-state index contributed by atoms with van der Waals surface area (Å²) in [6, 6.07) is 4.49. The molecule has 0 saturated carbocycles. The molecule has 2 aromatic rings. The zero-order valence-electron chi connectivity index (χ0n) is 16.9. The standard InChI is InChI=1S/C21H26FN3O3/c1-7-10-24-21(26)25-14(3)12-16-17(25)8-9-18(19(16)22)28-20(23-5)13(2)11-15(4)27-6/h8-9,11-12H,4,7,10H2,1-3,5-6H3,(H,24,26)/b13-11+,23-20?. The number of rotatable bonds is 6. The van der Waals surface area contributed by atoms with Gasteiger partial charge in [0.25, 0.3) is 0 Å².